The smallest absolute Gasteiger partial charge is 0.256 e. The molecule has 0 fully saturated rings. The topological polar surface area (TPSA) is 101 Å². The number of rotatable bonds is 7. The maximum absolute atomic E-state index is 13.5. The van der Waals surface area contributed by atoms with Crippen LogP contribution in [0.15, 0.2) is 47.0 Å². The minimum absolute atomic E-state index is 0.0780. The molecule has 3 N–H and O–H groups in total. The molecule has 1 amide bonds. The standard InChI is InChI=1S/C22H25N5O3S/c1-13-10-12-31-20(13)19-18(21(29)24-15-7-4-5-8-16(15)30-3)14(2)23-22-25-17(9-6-11-28)26-27(19)22/h4-5,7-8,10,12,19,28H,6,9,11H2,1-3H3,(H,24,29)(H,23,25,26). The Balaban J connectivity index is 1.75. The summed E-state index contributed by atoms with van der Waals surface area (Å²) in [4.78, 5) is 19.1. The summed E-state index contributed by atoms with van der Waals surface area (Å²) in [5.74, 6) is 1.59. The van der Waals surface area contributed by atoms with Crippen LogP contribution in [-0.2, 0) is 11.2 Å². The number of hydrogen-bond acceptors (Lipinski definition) is 7. The number of hydrogen-bond donors (Lipinski definition) is 3. The van der Waals surface area contributed by atoms with Gasteiger partial charge in [0.1, 0.15) is 11.8 Å². The van der Waals surface area contributed by atoms with E-state index < -0.39 is 6.04 Å². The summed E-state index contributed by atoms with van der Waals surface area (Å²) in [6, 6.07) is 8.95. The molecule has 1 unspecified atom stereocenters. The second-order valence-electron chi connectivity index (χ2n) is 7.31. The van der Waals surface area contributed by atoms with Gasteiger partial charge in [-0.25, -0.2) is 4.68 Å². The van der Waals surface area contributed by atoms with Crippen molar-refractivity contribution in [1.29, 1.82) is 0 Å². The van der Waals surface area contributed by atoms with Gasteiger partial charge in [0.15, 0.2) is 5.82 Å². The Morgan fingerprint density at radius 1 is 1.32 bits per heavy atom. The number of anilines is 2. The Morgan fingerprint density at radius 3 is 2.84 bits per heavy atom. The average Bonchev–Trinajstić information content (AvgIpc) is 3.37. The maximum Gasteiger partial charge on any atom is 0.256 e. The molecule has 0 saturated heterocycles. The van der Waals surface area contributed by atoms with Gasteiger partial charge in [-0.2, -0.15) is 10.1 Å². The minimum Gasteiger partial charge on any atom is -0.495 e. The number of amides is 1. The van der Waals surface area contributed by atoms with Gasteiger partial charge < -0.3 is 20.5 Å². The van der Waals surface area contributed by atoms with Crippen molar-refractivity contribution in [2.45, 2.75) is 32.7 Å². The Bertz CT molecular complexity index is 1130. The zero-order valence-electron chi connectivity index (χ0n) is 17.7. The van der Waals surface area contributed by atoms with Crippen LogP contribution in [0, 0.1) is 6.92 Å². The van der Waals surface area contributed by atoms with E-state index in [4.69, 9.17) is 9.84 Å². The van der Waals surface area contributed by atoms with E-state index in [1.165, 1.54) is 0 Å². The minimum atomic E-state index is -0.402. The summed E-state index contributed by atoms with van der Waals surface area (Å²) in [5, 5.41) is 22.1. The number of nitrogens with one attached hydrogen (secondary N) is 2. The number of ether oxygens (including phenoxy) is 1. The number of thiophene rings is 1. The fraction of sp³-hybridized carbons (Fsp3) is 0.318. The first-order valence-corrected chi connectivity index (χ1v) is 10.9. The summed E-state index contributed by atoms with van der Waals surface area (Å²) in [7, 11) is 1.57. The molecule has 162 valence electrons. The van der Waals surface area contributed by atoms with Crippen LogP contribution >= 0.6 is 11.3 Å². The summed E-state index contributed by atoms with van der Waals surface area (Å²) in [5.41, 5.74) is 2.98. The SMILES string of the molecule is COc1ccccc1NC(=O)C1=C(C)Nc2nc(CCCO)nn2C1c1sccc1C. The first-order chi connectivity index (χ1) is 15.0. The van der Waals surface area contributed by atoms with Crippen LogP contribution in [0.2, 0.25) is 0 Å². The number of methoxy groups -OCH3 is 1. The van der Waals surface area contributed by atoms with Crippen molar-refractivity contribution in [2.24, 2.45) is 0 Å². The van der Waals surface area contributed by atoms with Crippen molar-refractivity contribution >= 4 is 28.9 Å². The number of benzene rings is 1. The molecule has 3 heterocycles. The number of aromatic nitrogens is 3. The lowest BCUT2D eigenvalue weighted by molar-refractivity contribution is -0.113. The molecule has 0 spiro atoms. The third-order valence-electron chi connectivity index (χ3n) is 5.20. The van der Waals surface area contributed by atoms with Gasteiger partial charge in [0.25, 0.3) is 5.91 Å². The maximum atomic E-state index is 13.5. The number of nitrogens with zero attached hydrogens (tertiary/aromatic N) is 3. The van der Waals surface area contributed by atoms with E-state index in [1.807, 2.05) is 43.5 Å². The second kappa shape index (κ2) is 8.91. The lowest BCUT2D eigenvalue weighted by atomic mass is 9.98. The van der Waals surface area contributed by atoms with Crippen molar-refractivity contribution in [1.82, 2.24) is 14.8 Å². The fourth-order valence-electron chi connectivity index (χ4n) is 3.68. The molecule has 0 radical (unpaired) electrons. The molecule has 1 atom stereocenters. The lowest BCUT2D eigenvalue weighted by Crippen LogP contribution is -2.31. The Labute approximate surface area is 184 Å². The number of aryl methyl sites for hydroxylation is 2. The predicted octanol–water partition coefficient (Wildman–Crippen LogP) is 3.51. The molecule has 9 heteroatoms. The second-order valence-corrected chi connectivity index (χ2v) is 8.26. The van der Waals surface area contributed by atoms with Gasteiger partial charge in [0.05, 0.1) is 18.4 Å². The van der Waals surface area contributed by atoms with Crippen LogP contribution < -0.4 is 15.4 Å². The van der Waals surface area contributed by atoms with Crippen molar-refractivity contribution in [3.63, 3.8) is 0 Å². The van der Waals surface area contributed by atoms with E-state index in [9.17, 15) is 4.79 Å². The van der Waals surface area contributed by atoms with E-state index in [0.29, 0.717) is 41.6 Å². The van der Waals surface area contributed by atoms with Crippen LogP contribution in [-0.4, -0.2) is 39.5 Å². The van der Waals surface area contributed by atoms with Crippen molar-refractivity contribution in [3.05, 3.63) is 63.2 Å². The van der Waals surface area contributed by atoms with E-state index >= 15 is 0 Å². The van der Waals surface area contributed by atoms with E-state index in [-0.39, 0.29) is 12.5 Å². The third kappa shape index (κ3) is 4.06. The summed E-state index contributed by atoms with van der Waals surface area (Å²) >= 11 is 1.59. The molecular formula is C22H25N5O3S. The largest absolute Gasteiger partial charge is 0.495 e. The quantitative estimate of drug-likeness (QED) is 0.521. The highest BCUT2D eigenvalue weighted by Gasteiger charge is 2.36. The van der Waals surface area contributed by atoms with E-state index in [2.05, 4.69) is 20.7 Å². The number of aliphatic hydroxyl groups is 1. The van der Waals surface area contributed by atoms with Gasteiger partial charge >= 0.3 is 0 Å². The zero-order valence-corrected chi connectivity index (χ0v) is 18.5. The number of carbonyl (C=O) groups is 1. The molecule has 31 heavy (non-hydrogen) atoms. The highest BCUT2D eigenvalue weighted by Crippen LogP contribution is 2.39. The lowest BCUT2D eigenvalue weighted by Gasteiger charge is -2.28. The van der Waals surface area contributed by atoms with Crippen LogP contribution in [0.3, 0.4) is 0 Å². The molecule has 0 bridgehead atoms. The monoisotopic (exact) mass is 439 g/mol. The molecule has 8 nitrogen and oxygen atoms in total. The van der Waals surface area contributed by atoms with Gasteiger partial charge in [-0.15, -0.1) is 11.3 Å². The zero-order chi connectivity index (χ0) is 22.0. The summed E-state index contributed by atoms with van der Waals surface area (Å²) in [6.45, 7) is 3.98. The molecule has 0 aliphatic carbocycles. The Morgan fingerprint density at radius 2 is 2.13 bits per heavy atom. The fourth-order valence-corrected chi connectivity index (χ4v) is 4.70. The Hall–Kier alpha value is -3.17. The molecule has 1 aliphatic heterocycles. The van der Waals surface area contributed by atoms with Gasteiger partial charge in [-0.3, -0.25) is 4.79 Å². The average molecular weight is 440 g/mol. The first-order valence-electron chi connectivity index (χ1n) is 10.1. The van der Waals surface area contributed by atoms with Crippen LogP contribution in [0.5, 0.6) is 5.75 Å². The molecular weight excluding hydrogens is 414 g/mol. The molecule has 4 rings (SSSR count). The highest BCUT2D eigenvalue weighted by atomic mass is 32.1. The van der Waals surface area contributed by atoms with Gasteiger partial charge in [-0.05, 0) is 49.4 Å². The number of carbonyl (C=O) groups excluding carboxylic acids is 1. The summed E-state index contributed by atoms with van der Waals surface area (Å²) in [6.07, 6.45) is 1.15. The van der Waals surface area contributed by atoms with Crippen molar-refractivity contribution in [2.75, 3.05) is 24.4 Å². The van der Waals surface area contributed by atoms with Crippen LogP contribution in [0.1, 0.15) is 35.7 Å². The summed E-state index contributed by atoms with van der Waals surface area (Å²) < 4.78 is 7.16. The molecule has 1 aliphatic rings. The van der Waals surface area contributed by atoms with E-state index in [0.717, 1.165) is 16.1 Å². The predicted molar refractivity (Wildman–Crippen MR) is 121 cm³/mol. The van der Waals surface area contributed by atoms with E-state index in [1.54, 1.807) is 29.2 Å². The number of fused-ring (bicyclic) bond motifs is 1. The van der Waals surface area contributed by atoms with Gasteiger partial charge in [0, 0.05) is 23.6 Å². The molecule has 2 aromatic heterocycles. The van der Waals surface area contributed by atoms with Crippen molar-refractivity contribution in [3.8, 4) is 5.75 Å². The van der Waals surface area contributed by atoms with Gasteiger partial charge in [0.2, 0.25) is 5.95 Å². The number of para-hydroxylation sites is 2. The number of aliphatic hydroxyl groups excluding tert-OH is 1. The number of allylic oxidation sites excluding steroid dienone is 1. The highest BCUT2D eigenvalue weighted by molar-refractivity contribution is 7.10. The normalized spacial score (nSPS) is 15.4. The van der Waals surface area contributed by atoms with Crippen LogP contribution in [0.4, 0.5) is 11.6 Å². The van der Waals surface area contributed by atoms with Crippen LogP contribution in [0.25, 0.3) is 0 Å². The molecule has 3 aromatic rings. The molecule has 0 saturated carbocycles. The van der Waals surface area contributed by atoms with Gasteiger partial charge in [-0.1, -0.05) is 12.1 Å². The Kier molecular flexibility index (Phi) is 6.06. The third-order valence-corrected chi connectivity index (χ3v) is 6.28. The van der Waals surface area contributed by atoms with Crippen molar-refractivity contribution < 1.29 is 14.6 Å². The first kappa shape index (κ1) is 21.1. The molecule has 1 aromatic carbocycles.